The van der Waals surface area contributed by atoms with E-state index in [-0.39, 0.29) is 23.6 Å². The maximum Gasteiger partial charge on any atom is 0.295 e. The zero-order valence-electron chi connectivity index (χ0n) is 16.1. The van der Waals surface area contributed by atoms with Crippen LogP contribution in [-0.2, 0) is 18.3 Å². The Balaban J connectivity index is 1.54. The van der Waals surface area contributed by atoms with E-state index in [2.05, 4.69) is 10.3 Å². The molecule has 0 aliphatic carbocycles. The molecule has 4 aromatic rings. The number of benzene rings is 2. The van der Waals surface area contributed by atoms with Crippen molar-refractivity contribution in [3.8, 4) is 17.1 Å². The van der Waals surface area contributed by atoms with Gasteiger partial charge in [-0.3, -0.25) is 14.3 Å². The molecule has 4 rings (SSSR count). The third-order valence-electron chi connectivity index (χ3n) is 4.73. The van der Waals surface area contributed by atoms with Crippen LogP contribution < -0.4 is 10.9 Å². The standard InChI is InChI=1S/C22H20N4O3/c1-15-20(22(28)26(25(15)2)18-11-7-4-8-12-18)24-19(27)13-17-14-29-21(23-17)16-9-5-3-6-10-16/h3-12,14H,13H2,1-2H3,(H,24,27). The van der Waals surface area contributed by atoms with Crippen molar-refractivity contribution >= 4 is 11.6 Å². The third-order valence-corrected chi connectivity index (χ3v) is 4.73. The second kappa shape index (κ2) is 7.63. The molecule has 1 amide bonds. The Bertz CT molecular complexity index is 1200. The summed E-state index contributed by atoms with van der Waals surface area (Å²) in [7, 11) is 1.78. The summed E-state index contributed by atoms with van der Waals surface area (Å²) in [5, 5.41) is 2.73. The van der Waals surface area contributed by atoms with Gasteiger partial charge in [0.25, 0.3) is 5.56 Å². The Morgan fingerprint density at radius 3 is 2.41 bits per heavy atom. The first kappa shape index (κ1) is 18.5. The molecule has 0 fully saturated rings. The average molecular weight is 388 g/mol. The van der Waals surface area contributed by atoms with Crippen molar-refractivity contribution in [1.82, 2.24) is 14.3 Å². The number of hydrogen-bond donors (Lipinski definition) is 1. The number of nitrogens with one attached hydrogen (secondary N) is 1. The minimum Gasteiger partial charge on any atom is -0.444 e. The predicted molar refractivity (Wildman–Crippen MR) is 110 cm³/mol. The molecule has 0 atom stereocenters. The fourth-order valence-electron chi connectivity index (χ4n) is 3.16. The second-order valence-electron chi connectivity index (χ2n) is 6.67. The van der Waals surface area contributed by atoms with Crippen molar-refractivity contribution in [2.75, 3.05) is 5.32 Å². The molecule has 146 valence electrons. The molecule has 2 aromatic carbocycles. The maximum atomic E-state index is 12.9. The Kier molecular flexibility index (Phi) is 4.87. The molecule has 0 bridgehead atoms. The monoisotopic (exact) mass is 388 g/mol. The summed E-state index contributed by atoms with van der Waals surface area (Å²) in [6.07, 6.45) is 1.47. The zero-order chi connectivity index (χ0) is 20.4. The van der Waals surface area contributed by atoms with Gasteiger partial charge in [-0.1, -0.05) is 36.4 Å². The van der Waals surface area contributed by atoms with Crippen LogP contribution in [0.4, 0.5) is 5.69 Å². The van der Waals surface area contributed by atoms with Crippen molar-refractivity contribution in [2.45, 2.75) is 13.3 Å². The summed E-state index contributed by atoms with van der Waals surface area (Å²) in [6, 6.07) is 18.7. The van der Waals surface area contributed by atoms with Crippen LogP contribution in [0.25, 0.3) is 17.1 Å². The van der Waals surface area contributed by atoms with Crippen LogP contribution in [0.3, 0.4) is 0 Å². The van der Waals surface area contributed by atoms with Gasteiger partial charge in [-0.15, -0.1) is 0 Å². The van der Waals surface area contributed by atoms with Gasteiger partial charge in [0.2, 0.25) is 11.8 Å². The van der Waals surface area contributed by atoms with Crippen LogP contribution >= 0.6 is 0 Å². The lowest BCUT2D eigenvalue weighted by atomic mass is 10.2. The predicted octanol–water partition coefficient (Wildman–Crippen LogP) is 3.32. The Hall–Kier alpha value is -3.87. The van der Waals surface area contributed by atoms with E-state index in [4.69, 9.17) is 4.42 Å². The van der Waals surface area contributed by atoms with Crippen LogP contribution in [-0.4, -0.2) is 20.3 Å². The molecule has 0 unspecified atom stereocenters. The molecule has 2 heterocycles. The van der Waals surface area contributed by atoms with E-state index in [1.54, 1.807) is 18.7 Å². The van der Waals surface area contributed by atoms with Crippen molar-refractivity contribution in [3.05, 3.63) is 88.7 Å². The summed E-state index contributed by atoms with van der Waals surface area (Å²) in [4.78, 5) is 29.8. The van der Waals surface area contributed by atoms with Gasteiger partial charge in [0, 0.05) is 12.6 Å². The lowest BCUT2D eigenvalue weighted by Crippen LogP contribution is -2.23. The van der Waals surface area contributed by atoms with Gasteiger partial charge in [-0.05, 0) is 31.2 Å². The highest BCUT2D eigenvalue weighted by atomic mass is 16.3. The topological polar surface area (TPSA) is 82.1 Å². The molecule has 0 spiro atoms. The number of carbonyl (C=O) groups is 1. The number of anilines is 1. The largest absolute Gasteiger partial charge is 0.444 e. The van der Waals surface area contributed by atoms with Crippen LogP contribution in [0.1, 0.15) is 11.4 Å². The average Bonchev–Trinajstić information content (AvgIpc) is 3.28. The van der Waals surface area contributed by atoms with E-state index < -0.39 is 0 Å². The van der Waals surface area contributed by atoms with Gasteiger partial charge < -0.3 is 9.73 Å². The highest BCUT2D eigenvalue weighted by Gasteiger charge is 2.19. The number of nitrogens with zero attached hydrogens (tertiary/aromatic N) is 3. The summed E-state index contributed by atoms with van der Waals surface area (Å²) in [5.74, 6) is 0.125. The fraction of sp³-hybridized carbons (Fsp3) is 0.136. The second-order valence-corrected chi connectivity index (χ2v) is 6.67. The molecule has 2 aromatic heterocycles. The van der Waals surface area contributed by atoms with E-state index in [0.29, 0.717) is 17.3 Å². The molecule has 29 heavy (non-hydrogen) atoms. The smallest absolute Gasteiger partial charge is 0.295 e. The first-order valence-electron chi connectivity index (χ1n) is 9.18. The van der Waals surface area contributed by atoms with Gasteiger partial charge >= 0.3 is 0 Å². The normalized spacial score (nSPS) is 10.8. The van der Waals surface area contributed by atoms with Crippen molar-refractivity contribution < 1.29 is 9.21 Å². The third kappa shape index (κ3) is 3.62. The van der Waals surface area contributed by atoms with Gasteiger partial charge in [0.1, 0.15) is 12.0 Å². The highest BCUT2D eigenvalue weighted by molar-refractivity contribution is 5.92. The van der Waals surface area contributed by atoms with E-state index in [9.17, 15) is 9.59 Å². The number of rotatable bonds is 5. The van der Waals surface area contributed by atoms with Gasteiger partial charge in [0.15, 0.2) is 0 Å². The number of carbonyl (C=O) groups excluding carboxylic acids is 1. The first-order valence-corrected chi connectivity index (χ1v) is 9.18. The van der Waals surface area contributed by atoms with E-state index in [1.807, 2.05) is 60.7 Å². The summed E-state index contributed by atoms with van der Waals surface area (Å²) in [5.41, 5.74) is 2.70. The number of para-hydroxylation sites is 1. The van der Waals surface area contributed by atoms with Crippen molar-refractivity contribution in [3.63, 3.8) is 0 Å². The lowest BCUT2D eigenvalue weighted by molar-refractivity contribution is -0.115. The number of hydrogen-bond acceptors (Lipinski definition) is 4. The van der Waals surface area contributed by atoms with E-state index in [0.717, 1.165) is 11.3 Å². The minimum absolute atomic E-state index is 0.00937. The molecular weight excluding hydrogens is 368 g/mol. The Labute approximate surface area is 167 Å². The van der Waals surface area contributed by atoms with Crippen LogP contribution in [0.2, 0.25) is 0 Å². The molecule has 0 radical (unpaired) electrons. The molecule has 7 nitrogen and oxygen atoms in total. The number of oxazole rings is 1. The van der Waals surface area contributed by atoms with Crippen LogP contribution in [0, 0.1) is 6.92 Å². The summed E-state index contributed by atoms with van der Waals surface area (Å²) < 4.78 is 8.71. The summed E-state index contributed by atoms with van der Waals surface area (Å²) in [6.45, 7) is 1.79. The Morgan fingerprint density at radius 1 is 1.07 bits per heavy atom. The van der Waals surface area contributed by atoms with Crippen LogP contribution in [0.15, 0.2) is 76.1 Å². The molecule has 0 saturated carbocycles. The fourth-order valence-corrected chi connectivity index (χ4v) is 3.16. The van der Waals surface area contributed by atoms with E-state index >= 15 is 0 Å². The molecule has 0 saturated heterocycles. The van der Waals surface area contributed by atoms with Gasteiger partial charge in [-0.25, -0.2) is 9.67 Å². The molecule has 7 heteroatoms. The quantitative estimate of drug-likeness (QED) is 0.569. The van der Waals surface area contributed by atoms with Crippen molar-refractivity contribution in [1.29, 1.82) is 0 Å². The highest BCUT2D eigenvalue weighted by Crippen LogP contribution is 2.19. The maximum absolute atomic E-state index is 12.9. The molecular formula is C22H20N4O3. The van der Waals surface area contributed by atoms with E-state index in [1.165, 1.54) is 10.9 Å². The number of aromatic nitrogens is 3. The lowest BCUT2D eigenvalue weighted by Gasteiger charge is -2.07. The SMILES string of the molecule is Cc1c(NC(=O)Cc2coc(-c3ccccc3)n2)c(=O)n(-c2ccccc2)n1C. The Morgan fingerprint density at radius 2 is 1.72 bits per heavy atom. The van der Waals surface area contributed by atoms with Gasteiger partial charge in [-0.2, -0.15) is 0 Å². The number of amides is 1. The van der Waals surface area contributed by atoms with Crippen molar-refractivity contribution in [2.24, 2.45) is 7.05 Å². The zero-order valence-corrected chi connectivity index (χ0v) is 16.1. The molecule has 0 aliphatic heterocycles. The minimum atomic E-state index is -0.330. The molecule has 0 aliphatic rings. The summed E-state index contributed by atoms with van der Waals surface area (Å²) >= 11 is 0. The molecule has 1 N–H and O–H groups in total. The van der Waals surface area contributed by atoms with Gasteiger partial charge in [0.05, 0.1) is 23.5 Å². The van der Waals surface area contributed by atoms with Crippen LogP contribution in [0.5, 0.6) is 0 Å². The first-order chi connectivity index (χ1) is 14.0.